The van der Waals surface area contributed by atoms with Crippen LogP contribution in [0.2, 0.25) is 0 Å². The van der Waals surface area contributed by atoms with Crippen molar-refractivity contribution in [2.24, 2.45) is 29.6 Å². The van der Waals surface area contributed by atoms with E-state index in [0.717, 1.165) is 32.1 Å². The number of esters is 1. The van der Waals surface area contributed by atoms with Crippen LogP contribution in [0.1, 0.15) is 59.3 Å². The van der Waals surface area contributed by atoms with Gasteiger partial charge >= 0.3 is 5.97 Å². The van der Waals surface area contributed by atoms with Gasteiger partial charge in [-0.05, 0) is 56.3 Å². The molecule has 2 aliphatic rings. The Kier molecular flexibility index (Phi) is 7.08. The van der Waals surface area contributed by atoms with Crippen LogP contribution in [-0.2, 0) is 9.53 Å². The highest BCUT2D eigenvalue weighted by atomic mass is 16.5. The second kappa shape index (κ2) is 8.63. The standard InChI is InChI=1S/C19H34O5/c1-4-11(2)19(23)24-15-9-5-7-14-16(15)13(8-6-10-20)12(3)17(21)18(14)22/h11-18,20-22H,4-10H2,1-3H3/t11-,12+,13-,14-,15-,16+,17-,18+/m0/s1. The van der Waals surface area contributed by atoms with Crippen molar-refractivity contribution < 1.29 is 24.9 Å². The number of carbonyl (C=O) groups excluding carboxylic acids is 1. The van der Waals surface area contributed by atoms with Gasteiger partial charge in [-0.25, -0.2) is 0 Å². The summed E-state index contributed by atoms with van der Waals surface area (Å²) in [6.45, 7) is 5.95. The first-order valence-electron chi connectivity index (χ1n) is 9.59. The van der Waals surface area contributed by atoms with E-state index in [1.807, 2.05) is 20.8 Å². The molecule has 2 saturated carbocycles. The molecule has 0 spiro atoms. The second-order valence-corrected chi connectivity index (χ2v) is 7.83. The summed E-state index contributed by atoms with van der Waals surface area (Å²) in [7, 11) is 0. The highest BCUT2D eigenvalue weighted by Gasteiger charge is 2.52. The minimum Gasteiger partial charge on any atom is -0.462 e. The van der Waals surface area contributed by atoms with Crippen molar-refractivity contribution in [3.63, 3.8) is 0 Å². The van der Waals surface area contributed by atoms with Crippen molar-refractivity contribution in [1.82, 2.24) is 0 Å². The molecule has 2 rings (SSSR count). The van der Waals surface area contributed by atoms with Gasteiger partial charge in [0.25, 0.3) is 0 Å². The van der Waals surface area contributed by atoms with Crippen molar-refractivity contribution in [3.05, 3.63) is 0 Å². The van der Waals surface area contributed by atoms with Gasteiger partial charge < -0.3 is 20.1 Å². The monoisotopic (exact) mass is 342 g/mol. The quantitative estimate of drug-likeness (QED) is 0.644. The van der Waals surface area contributed by atoms with Gasteiger partial charge in [0.15, 0.2) is 0 Å². The molecule has 0 aromatic carbocycles. The van der Waals surface area contributed by atoms with E-state index in [0.29, 0.717) is 6.42 Å². The van der Waals surface area contributed by atoms with Gasteiger partial charge in [-0.3, -0.25) is 4.79 Å². The van der Waals surface area contributed by atoms with E-state index in [1.165, 1.54) is 0 Å². The zero-order chi connectivity index (χ0) is 17.9. The average molecular weight is 342 g/mol. The Labute approximate surface area is 145 Å². The minimum absolute atomic E-state index is 0.0247. The predicted molar refractivity (Wildman–Crippen MR) is 91.2 cm³/mol. The van der Waals surface area contributed by atoms with Crippen LogP contribution in [0, 0.1) is 29.6 Å². The minimum atomic E-state index is -0.750. The van der Waals surface area contributed by atoms with Gasteiger partial charge in [0.1, 0.15) is 6.10 Å². The maximum atomic E-state index is 12.3. The molecule has 0 aromatic heterocycles. The van der Waals surface area contributed by atoms with Crippen molar-refractivity contribution in [3.8, 4) is 0 Å². The Bertz CT molecular complexity index is 413. The lowest BCUT2D eigenvalue weighted by molar-refractivity contribution is -0.186. The third-order valence-corrected chi connectivity index (χ3v) is 6.42. The first kappa shape index (κ1) is 19.7. The lowest BCUT2D eigenvalue weighted by Gasteiger charge is -2.52. The molecule has 0 saturated heterocycles. The molecule has 0 radical (unpaired) electrons. The van der Waals surface area contributed by atoms with Gasteiger partial charge in [0.2, 0.25) is 0 Å². The zero-order valence-corrected chi connectivity index (χ0v) is 15.2. The van der Waals surface area contributed by atoms with E-state index < -0.39 is 12.2 Å². The molecule has 0 aliphatic heterocycles. The summed E-state index contributed by atoms with van der Waals surface area (Å²) in [5.74, 6) is -0.114. The van der Waals surface area contributed by atoms with Crippen LogP contribution in [0.3, 0.4) is 0 Å². The van der Waals surface area contributed by atoms with Crippen molar-refractivity contribution in [1.29, 1.82) is 0 Å². The molecule has 0 aromatic rings. The summed E-state index contributed by atoms with van der Waals surface area (Å²) in [6, 6.07) is 0. The van der Waals surface area contributed by atoms with Crippen molar-refractivity contribution in [2.75, 3.05) is 6.61 Å². The Morgan fingerprint density at radius 1 is 1.25 bits per heavy atom. The van der Waals surface area contributed by atoms with Crippen LogP contribution in [0.25, 0.3) is 0 Å². The van der Waals surface area contributed by atoms with Gasteiger partial charge in [-0.2, -0.15) is 0 Å². The molecule has 5 heteroatoms. The molecule has 0 unspecified atom stereocenters. The SMILES string of the molecule is CC[C@H](C)C(=O)O[C@H]1CCC[C@@H]2[C@@H](O)[C@@H](O)[C@H](C)[C@H](CCCO)[C@H]21. The molecule has 2 aliphatic carbocycles. The number of rotatable bonds is 6. The van der Waals surface area contributed by atoms with Crippen molar-refractivity contribution >= 4 is 5.97 Å². The molecule has 140 valence electrons. The average Bonchev–Trinajstić information content (AvgIpc) is 2.59. The Balaban J connectivity index is 2.20. The van der Waals surface area contributed by atoms with E-state index in [4.69, 9.17) is 4.74 Å². The van der Waals surface area contributed by atoms with Crippen molar-refractivity contribution in [2.45, 2.75) is 77.6 Å². The number of hydrogen-bond donors (Lipinski definition) is 3. The summed E-state index contributed by atoms with van der Waals surface area (Å²) in [5, 5.41) is 30.2. The maximum Gasteiger partial charge on any atom is 0.308 e. The maximum absolute atomic E-state index is 12.3. The fraction of sp³-hybridized carbons (Fsp3) is 0.947. The van der Waals surface area contributed by atoms with Crippen LogP contribution in [0.4, 0.5) is 0 Å². The van der Waals surface area contributed by atoms with Gasteiger partial charge in [0, 0.05) is 12.5 Å². The molecular formula is C19H34O5. The lowest BCUT2D eigenvalue weighted by Crippen LogP contribution is -2.57. The molecule has 0 heterocycles. The molecular weight excluding hydrogens is 308 g/mol. The number of hydrogen-bond acceptors (Lipinski definition) is 5. The van der Waals surface area contributed by atoms with E-state index >= 15 is 0 Å². The number of aliphatic hydroxyl groups is 3. The number of carbonyl (C=O) groups is 1. The summed E-state index contributed by atoms with van der Waals surface area (Å²) < 4.78 is 5.86. The molecule has 3 N–H and O–H groups in total. The third-order valence-electron chi connectivity index (χ3n) is 6.42. The van der Waals surface area contributed by atoms with E-state index in [-0.39, 0.29) is 48.3 Å². The number of ether oxygens (including phenoxy) is 1. The summed E-state index contributed by atoms with van der Waals surface area (Å²) in [6.07, 6.45) is 3.15. The normalized spacial score (nSPS) is 40.7. The second-order valence-electron chi connectivity index (χ2n) is 7.83. The van der Waals surface area contributed by atoms with Gasteiger partial charge in [-0.15, -0.1) is 0 Å². The predicted octanol–water partition coefficient (Wildman–Crippen LogP) is 2.12. The Hall–Kier alpha value is -0.650. The molecule has 8 atom stereocenters. The first-order valence-corrected chi connectivity index (χ1v) is 9.59. The summed E-state index contributed by atoms with van der Waals surface area (Å²) in [5.41, 5.74) is 0. The topological polar surface area (TPSA) is 87.0 Å². The highest BCUT2D eigenvalue weighted by molar-refractivity contribution is 5.72. The van der Waals surface area contributed by atoms with Crippen LogP contribution in [-0.4, -0.2) is 46.2 Å². The smallest absolute Gasteiger partial charge is 0.308 e. The number of aliphatic hydroxyl groups excluding tert-OH is 3. The van der Waals surface area contributed by atoms with Crippen LogP contribution in [0.15, 0.2) is 0 Å². The highest BCUT2D eigenvalue weighted by Crippen LogP contribution is 2.49. The molecule has 5 nitrogen and oxygen atoms in total. The summed E-state index contributed by atoms with van der Waals surface area (Å²) in [4.78, 5) is 12.3. The molecule has 0 amide bonds. The van der Waals surface area contributed by atoms with Crippen LogP contribution in [0.5, 0.6) is 0 Å². The zero-order valence-electron chi connectivity index (χ0n) is 15.2. The van der Waals surface area contributed by atoms with E-state index in [2.05, 4.69) is 0 Å². The molecule has 24 heavy (non-hydrogen) atoms. The fourth-order valence-electron chi connectivity index (χ4n) is 4.73. The van der Waals surface area contributed by atoms with Crippen LogP contribution < -0.4 is 0 Å². The molecule has 2 fully saturated rings. The molecule has 0 bridgehead atoms. The fourth-order valence-corrected chi connectivity index (χ4v) is 4.73. The Morgan fingerprint density at radius 2 is 1.96 bits per heavy atom. The van der Waals surface area contributed by atoms with E-state index in [1.54, 1.807) is 0 Å². The van der Waals surface area contributed by atoms with Gasteiger partial charge in [0.05, 0.1) is 18.1 Å². The van der Waals surface area contributed by atoms with Crippen LogP contribution >= 0.6 is 0 Å². The third kappa shape index (κ3) is 3.94. The lowest BCUT2D eigenvalue weighted by atomic mass is 9.57. The number of fused-ring (bicyclic) bond motifs is 1. The Morgan fingerprint density at radius 3 is 2.58 bits per heavy atom. The van der Waals surface area contributed by atoms with Gasteiger partial charge in [-0.1, -0.05) is 20.8 Å². The largest absolute Gasteiger partial charge is 0.462 e. The first-order chi connectivity index (χ1) is 11.4. The van der Waals surface area contributed by atoms with E-state index in [9.17, 15) is 20.1 Å². The summed E-state index contributed by atoms with van der Waals surface area (Å²) >= 11 is 0.